The van der Waals surface area contributed by atoms with Crippen molar-refractivity contribution in [1.29, 1.82) is 0 Å². The molecule has 0 fully saturated rings. The van der Waals surface area contributed by atoms with Gasteiger partial charge in [-0.2, -0.15) is 0 Å². The number of nitrogens with two attached hydrogens (primary N) is 1. The van der Waals surface area contributed by atoms with Gasteiger partial charge in [0.2, 0.25) is 11.8 Å². The van der Waals surface area contributed by atoms with E-state index in [1.165, 1.54) is 6.07 Å². The number of ether oxygens (including phenoxy) is 1. The first kappa shape index (κ1) is 19.2. The molecule has 1 atom stereocenters. The smallest absolute Gasteiger partial charge is 0.404 e. The minimum atomic E-state index is -0.796. The summed E-state index contributed by atoms with van der Waals surface area (Å²) in [5, 5.41) is 22.3. The molecule has 10 heteroatoms. The van der Waals surface area contributed by atoms with Crippen LogP contribution in [0.5, 0.6) is 0 Å². The van der Waals surface area contributed by atoms with Crippen molar-refractivity contribution in [3.63, 3.8) is 0 Å². The third-order valence-electron chi connectivity index (χ3n) is 3.66. The van der Waals surface area contributed by atoms with Gasteiger partial charge in [0.05, 0.1) is 17.1 Å². The zero-order valence-electron chi connectivity index (χ0n) is 14.6. The first-order valence-electron chi connectivity index (χ1n) is 8.15. The Morgan fingerprint density at radius 1 is 1.42 bits per heavy atom. The third-order valence-corrected chi connectivity index (χ3v) is 3.66. The molecule has 0 aliphatic heterocycles. The van der Waals surface area contributed by atoms with Crippen LogP contribution in [0.15, 0.2) is 22.6 Å². The Bertz CT molecular complexity index is 776. The van der Waals surface area contributed by atoms with E-state index in [4.69, 9.17) is 10.2 Å². The number of benzene rings is 1. The molecule has 0 saturated carbocycles. The van der Waals surface area contributed by atoms with Crippen molar-refractivity contribution in [2.75, 3.05) is 11.9 Å². The number of unbranched alkanes of at least 4 members (excludes halogenated alkanes) is 1. The van der Waals surface area contributed by atoms with E-state index < -0.39 is 11.0 Å². The van der Waals surface area contributed by atoms with Gasteiger partial charge < -0.3 is 20.2 Å². The maximum absolute atomic E-state index is 11.4. The average molecular weight is 363 g/mol. The summed E-state index contributed by atoms with van der Waals surface area (Å²) >= 11 is 0. The number of nitrogens with zero attached hydrogens (tertiary/aromatic N) is 3. The maximum atomic E-state index is 11.4. The van der Waals surface area contributed by atoms with Crippen molar-refractivity contribution in [3.8, 4) is 11.5 Å². The van der Waals surface area contributed by atoms with Crippen LogP contribution >= 0.6 is 0 Å². The summed E-state index contributed by atoms with van der Waals surface area (Å²) in [5.41, 5.74) is 5.64. The van der Waals surface area contributed by atoms with Crippen molar-refractivity contribution < 1.29 is 18.9 Å². The summed E-state index contributed by atoms with van der Waals surface area (Å²) < 4.78 is 10.1. The summed E-state index contributed by atoms with van der Waals surface area (Å²) in [6.45, 7) is 3.81. The zero-order valence-corrected chi connectivity index (χ0v) is 14.6. The minimum Gasteiger partial charge on any atom is -0.450 e. The van der Waals surface area contributed by atoms with Gasteiger partial charge in [-0.15, -0.1) is 10.2 Å². The number of rotatable bonds is 9. The highest BCUT2D eigenvalue weighted by atomic mass is 16.6. The van der Waals surface area contributed by atoms with E-state index in [0.717, 1.165) is 12.8 Å². The Hall–Kier alpha value is -3.17. The van der Waals surface area contributed by atoms with E-state index in [1.807, 2.05) is 6.92 Å². The molecule has 0 saturated heterocycles. The van der Waals surface area contributed by atoms with Crippen LogP contribution in [0.3, 0.4) is 0 Å². The second kappa shape index (κ2) is 8.79. The molecule has 0 bridgehead atoms. The predicted octanol–water partition coefficient (Wildman–Crippen LogP) is 3.02. The van der Waals surface area contributed by atoms with E-state index in [1.54, 1.807) is 19.1 Å². The van der Waals surface area contributed by atoms with Crippen LogP contribution in [-0.2, 0) is 4.74 Å². The van der Waals surface area contributed by atoms with Crippen molar-refractivity contribution in [1.82, 2.24) is 10.2 Å². The second-order valence-electron chi connectivity index (χ2n) is 5.79. The number of nitro benzene ring substituents is 1. The molecule has 1 aromatic heterocycles. The van der Waals surface area contributed by atoms with Crippen LogP contribution in [0.25, 0.3) is 11.5 Å². The van der Waals surface area contributed by atoms with Crippen molar-refractivity contribution in [2.24, 2.45) is 5.73 Å². The maximum Gasteiger partial charge on any atom is 0.404 e. The Morgan fingerprint density at radius 2 is 2.19 bits per heavy atom. The molecule has 3 N–H and O–H groups in total. The van der Waals surface area contributed by atoms with E-state index in [9.17, 15) is 14.9 Å². The van der Waals surface area contributed by atoms with Crippen LogP contribution in [-0.4, -0.2) is 33.9 Å². The van der Waals surface area contributed by atoms with Gasteiger partial charge in [0.15, 0.2) is 0 Å². The van der Waals surface area contributed by atoms with Crippen molar-refractivity contribution >= 4 is 17.5 Å². The molecule has 1 heterocycles. The largest absolute Gasteiger partial charge is 0.450 e. The fraction of sp³-hybridized carbons (Fsp3) is 0.438. The lowest BCUT2D eigenvalue weighted by Crippen LogP contribution is -2.17. The Labute approximate surface area is 149 Å². The molecular weight excluding hydrogens is 342 g/mol. The Morgan fingerprint density at radius 3 is 2.81 bits per heavy atom. The Balaban J connectivity index is 2.11. The van der Waals surface area contributed by atoms with Gasteiger partial charge >= 0.3 is 6.09 Å². The number of anilines is 1. The molecule has 0 aliphatic rings. The molecule has 2 aromatic rings. The highest BCUT2D eigenvalue weighted by Crippen LogP contribution is 2.35. The lowest BCUT2D eigenvalue weighted by atomic mass is 10.1. The molecule has 0 spiro atoms. The molecule has 2 rings (SSSR count). The fourth-order valence-electron chi connectivity index (χ4n) is 2.47. The van der Waals surface area contributed by atoms with Gasteiger partial charge in [-0.05, 0) is 32.3 Å². The number of amides is 1. The topological polar surface area (TPSA) is 146 Å². The molecule has 140 valence electrons. The van der Waals surface area contributed by atoms with Gasteiger partial charge in [-0.3, -0.25) is 10.1 Å². The van der Waals surface area contributed by atoms with Crippen LogP contribution in [0.1, 0.15) is 32.1 Å². The third kappa shape index (κ3) is 5.16. The van der Waals surface area contributed by atoms with Crippen LogP contribution in [0, 0.1) is 17.0 Å². The predicted molar refractivity (Wildman–Crippen MR) is 93.6 cm³/mol. The normalized spacial score (nSPS) is 11.8. The number of hydrogen-bond acceptors (Lipinski definition) is 8. The number of aromatic nitrogens is 2. The SMILES string of the molecule is Cc1nnc(-c2cccc([N+](=O)[O-])c2NC(C)CCCCOC(N)=O)o1. The number of para-hydroxylation sites is 1. The number of aryl methyl sites for hydroxylation is 1. The molecule has 10 nitrogen and oxygen atoms in total. The first-order valence-corrected chi connectivity index (χ1v) is 8.15. The summed E-state index contributed by atoms with van der Waals surface area (Å²) in [6, 6.07) is 4.62. The van der Waals surface area contributed by atoms with Gasteiger partial charge in [-0.25, -0.2) is 4.79 Å². The van der Waals surface area contributed by atoms with Crippen LogP contribution in [0.4, 0.5) is 16.2 Å². The summed E-state index contributed by atoms with van der Waals surface area (Å²) in [7, 11) is 0. The van der Waals surface area contributed by atoms with Crippen molar-refractivity contribution in [2.45, 2.75) is 39.2 Å². The quantitative estimate of drug-likeness (QED) is 0.392. The standard InChI is InChI=1S/C16H21N5O5/c1-10(6-3-4-9-25-16(17)22)18-14-12(15-20-19-11(2)26-15)7-5-8-13(14)21(23)24/h5,7-8,10,18H,3-4,6,9H2,1-2H3,(H2,17,22). The molecular formula is C16H21N5O5. The minimum absolute atomic E-state index is 0.0625. The molecule has 0 radical (unpaired) electrons. The van der Waals surface area contributed by atoms with Crippen LogP contribution < -0.4 is 11.1 Å². The summed E-state index contributed by atoms with van der Waals surface area (Å²) in [5.74, 6) is 0.593. The second-order valence-corrected chi connectivity index (χ2v) is 5.79. The zero-order chi connectivity index (χ0) is 19.1. The lowest BCUT2D eigenvalue weighted by Gasteiger charge is -2.17. The number of carbonyl (C=O) groups is 1. The highest BCUT2D eigenvalue weighted by Gasteiger charge is 2.22. The highest BCUT2D eigenvalue weighted by molar-refractivity contribution is 5.80. The van der Waals surface area contributed by atoms with Gasteiger partial charge in [0, 0.05) is 19.0 Å². The lowest BCUT2D eigenvalue weighted by molar-refractivity contribution is -0.383. The fourth-order valence-corrected chi connectivity index (χ4v) is 2.47. The Kier molecular flexibility index (Phi) is 6.48. The van der Waals surface area contributed by atoms with Crippen molar-refractivity contribution in [3.05, 3.63) is 34.2 Å². The number of hydrogen-bond donors (Lipinski definition) is 2. The monoisotopic (exact) mass is 363 g/mol. The molecule has 1 aromatic carbocycles. The average Bonchev–Trinajstić information content (AvgIpc) is 3.00. The number of nitro groups is 1. The van der Waals surface area contributed by atoms with E-state index in [0.29, 0.717) is 23.6 Å². The summed E-state index contributed by atoms with van der Waals surface area (Å²) in [6.07, 6.45) is 1.34. The number of carbonyl (C=O) groups excluding carboxylic acids is 1. The molecule has 26 heavy (non-hydrogen) atoms. The van der Waals surface area contributed by atoms with Gasteiger partial charge in [0.1, 0.15) is 5.69 Å². The van der Waals surface area contributed by atoms with E-state index in [2.05, 4.69) is 20.3 Å². The van der Waals surface area contributed by atoms with E-state index >= 15 is 0 Å². The molecule has 1 unspecified atom stereocenters. The van der Waals surface area contributed by atoms with Gasteiger partial charge in [-0.1, -0.05) is 6.07 Å². The first-order chi connectivity index (χ1) is 12.4. The van der Waals surface area contributed by atoms with Crippen LogP contribution in [0.2, 0.25) is 0 Å². The van der Waals surface area contributed by atoms with E-state index in [-0.39, 0.29) is 24.2 Å². The number of primary amides is 1. The summed E-state index contributed by atoms with van der Waals surface area (Å²) in [4.78, 5) is 21.5. The number of nitrogens with one attached hydrogen (secondary N) is 1. The molecule has 1 amide bonds. The molecule has 0 aliphatic carbocycles. The van der Waals surface area contributed by atoms with Gasteiger partial charge in [0.25, 0.3) is 5.69 Å².